The first-order chi connectivity index (χ1) is 13.3. The molecule has 1 aliphatic heterocycles. The lowest BCUT2D eigenvalue weighted by Gasteiger charge is -2.21. The Morgan fingerprint density at radius 2 is 1.96 bits per heavy atom. The highest BCUT2D eigenvalue weighted by Crippen LogP contribution is 2.35. The van der Waals surface area contributed by atoms with Gasteiger partial charge in [-0.25, -0.2) is 8.42 Å². The summed E-state index contributed by atoms with van der Waals surface area (Å²) < 4.78 is 37.0. The minimum absolute atomic E-state index is 0.163. The molecule has 0 spiro atoms. The number of fused-ring (bicyclic) bond motifs is 1. The molecule has 2 aromatic rings. The monoisotopic (exact) mass is 404 g/mol. The molecule has 1 amide bonds. The van der Waals surface area contributed by atoms with Crippen molar-refractivity contribution in [3.05, 3.63) is 48.0 Å². The molecule has 150 valence electrons. The molecule has 1 heterocycles. The van der Waals surface area contributed by atoms with Crippen molar-refractivity contribution >= 4 is 27.3 Å². The van der Waals surface area contributed by atoms with Crippen LogP contribution in [0.15, 0.2) is 42.5 Å². The van der Waals surface area contributed by atoms with Crippen LogP contribution in [0.5, 0.6) is 11.5 Å². The van der Waals surface area contributed by atoms with Crippen molar-refractivity contribution < 1.29 is 22.7 Å². The molecule has 0 saturated heterocycles. The van der Waals surface area contributed by atoms with E-state index in [-0.39, 0.29) is 18.9 Å². The third kappa shape index (κ3) is 4.56. The number of hydrogen-bond acceptors (Lipinski definition) is 5. The number of anilines is 2. The molecule has 0 unspecified atom stereocenters. The normalized spacial score (nSPS) is 16.5. The first kappa shape index (κ1) is 20.0. The maximum absolute atomic E-state index is 12.7. The molecule has 2 aromatic carbocycles. The summed E-state index contributed by atoms with van der Waals surface area (Å²) in [7, 11) is -3.49. The fourth-order valence-corrected chi connectivity index (χ4v) is 3.98. The number of nitrogens with one attached hydrogen (secondary N) is 1. The standard InChI is InChI=1S/C20H24N2O5S/c1-4-26-16-8-6-15(7-9-16)21-20(23)19-11-12-22(28(3,24)25)17-13-14(2)5-10-18(17)27-19/h5-10,13,19H,4,11-12H2,1-3H3,(H,21,23)/t19-/m1/s1. The predicted octanol–water partition coefficient (Wildman–Crippen LogP) is 2.95. The Hall–Kier alpha value is -2.74. The van der Waals surface area contributed by atoms with Gasteiger partial charge in [0.1, 0.15) is 11.5 Å². The summed E-state index contributed by atoms with van der Waals surface area (Å²) in [4.78, 5) is 12.7. The van der Waals surface area contributed by atoms with E-state index in [0.29, 0.717) is 23.7 Å². The summed E-state index contributed by atoms with van der Waals surface area (Å²) in [5, 5.41) is 2.82. The number of ether oxygens (including phenoxy) is 2. The van der Waals surface area contributed by atoms with Gasteiger partial charge in [0.2, 0.25) is 10.0 Å². The van der Waals surface area contributed by atoms with E-state index >= 15 is 0 Å². The lowest BCUT2D eigenvalue weighted by Crippen LogP contribution is -2.35. The fraction of sp³-hybridized carbons (Fsp3) is 0.350. The van der Waals surface area contributed by atoms with Crippen LogP contribution in [0.4, 0.5) is 11.4 Å². The van der Waals surface area contributed by atoms with E-state index in [9.17, 15) is 13.2 Å². The number of carbonyl (C=O) groups is 1. The zero-order chi connectivity index (χ0) is 20.3. The van der Waals surface area contributed by atoms with E-state index in [4.69, 9.17) is 9.47 Å². The van der Waals surface area contributed by atoms with Crippen LogP contribution in [0, 0.1) is 6.92 Å². The van der Waals surface area contributed by atoms with Gasteiger partial charge in [0.05, 0.1) is 18.6 Å². The molecule has 3 rings (SSSR count). The second kappa shape index (κ2) is 8.10. The maximum atomic E-state index is 12.7. The topological polar surface area (TPSA) is 84.9 Å². The average Bonchev–Trinajstić information content (AvgIpc) is 2.82. The predicted molar refractivity (Wildman–Crippen MR) is 109 cm³/mol. The number of sulfonamides is 1. The van der Waals surface area contributed by atoms with Gasteiger partial charge < -0.3 is 14.8 Å². The summed E-state index contributed by atoms with van der Waals surface area (Å²) in [6.07, 6.45) is 0.586. The first-order valence-electron chi connectivity index (χ1n) is 9.06. The lowest BCUT2D eigenvalue weighted by atomic mass is 10.2. The van der Waals surface area contributed by atoms with E-state index in [0.717, 1.165) is 17.6 Å². The number of rotatable bonds is 5. The van der Waals surface area contributed by atoms with Crippen LogP contribution in [0.1, 0.15) is 18.9 Å². The van der Waals surface area contributed by atoms with Crippen molar-refractivity contribution in [3.8, 4) is 11.5 Å². The maximum Gasteiger partial charge on any atom is 0.265 e. The van der Waals surface area contributed by atoms with E-state index in [1.54, 1.807) is 36.4 Å². The molecule has 0 fully saturated rings. The highest BCUT2D eigenvalue weighted by Gasteiger charge is 2.31. The quantitative estimate of drug-likeness (QED) is 0.828. The van der Waals surface area contributed by atoms with Crippen molar-refractivity contribution in [1.29, 1.82) is 0 Å². The van der Waals surface area contributed by atoms with Crippen molar-refractivity contribution in [1.82, 2.24) is 0 Å². The van der Waals surface area contributed by atoms with Gasteiger partial charge in [-0.05, 0) is 55.8 Å². The molecule has 0 bridgehead atoms. The van der Waals surface area contributed by atoms with Gasteiger partial charge in [-0.1, -0.05) is 6.07 Å². The summed E-state index contributed by atoms with van der Waals surface area (Å²) in [5.41, 5.74) is 1.98. The van der Waals surface area contributed by atoms with Crippen molar-refractivity contribution in [2.24, 2.45) is 0 Å². The van der Waals surface area contributed by atoms with Gasteiger partial charge in [-0.3, -0.25) is 9.10 Å². The van der Waals surface area contributed by atoms with Crippen molar-refractivity contribution in [3.63, 3.8) is 0 Å². The molecular weight excluding hydrogens is 380 g/mol. The molecule has 1 aliphatic rings. The first-order valence-corrected chi connectivity index (χ1v) is 10.9. The Bertz CT molecular complexity index is 957. The number of aryl methyl sites for hydroxylation is 1. The summed E-state index contributed by atoms with van der Waals surface area (Å²) in [6.45, 7) is 4.51. The number of amides is 1. The van der Waals surface area contributed by atoms with E-state index < -0.39 is 16.1 Å². The van der Waals surface area contributed by atoms with Gasteiger partial charge in [0, 0.05) is 18.7 Å². The number of carbonyl (C=O) groups excluding carboxylic acids is 1. The Morgan fingerprint density at radius 1 is 1.25 bits per heavy atom. The molecule has 0 aromatic heterocycles. The largest absolute Gasteiger partial charge is 0.494 e. The second-order valence-corrected chi connectivity index (χ2v) is 8.55. The van der Waals surface area contributed by atoms with Crippen LogP contribution in [0.3, 0.4) is 0 Å². The van der Waals surface area contributed by atoms with Gasteiger partial charge in [0.15, 0.2) is 6.10 Å². The number of nitrogens with zero attached hydrogens (tertiary/aromatic N) is 1. The Labute approximate surface area is 165 Å². The van der Waals surface area contributed by atoms with E-state index in [1.165, 1.54) is 4.31 Å². The highest BCUT2D eigenvalue weighted by atomic mass is 32.2. The van der Waals surface area contributed by atoms with Gasteiger partial charge in [-0.2, -0.15) is 0 Å². The zero-order valence-electron chi connectivity index (χ0n) is 16.1. The number of benzene rings is 2. The van der Waals surface area contributed by atoms with Gasteiger partial charge >= 0.3 is 0 Å². The average molecular weight is 404 g/mol. The SMILES string of the molecule is CCOc1ccc(NC(=O)[C@H]2CCN(S(C)(=O)=O)c3cc(C)ccc3O2)cc1. The minimum atomic E-state index is -3.49. The van der Waals surface area contributed by atoms with Crippen LogP contribution in [0.25, 0.3) is 0 Å². The molecule has 28 heavy (non-hydrogen) atoms. The van der Waals surface area contributed by atoms with Gasteiger partial charge in [-0.15, -0.1) is 0 Å². The minimum Gasteiger partial charge on any atom is -0.494 e. The second-order valence-electron chi connectivity index (χ2n) is 6.65. The van der Waals surface area contributed by atoms with Gasteiger partial charge in [0.25, 0.3) is 5.91 Å². The van der Waals surface area contributed by atoms with E-state index in [1.807, 2.05) is 19.9 Å². The smallest absolute Gasteiger partial charge is 0.265 e. The number of hydrogen-bond donors (Lipinski definition) is 1. The molecule has 1 atom stereocenters. The molecular formula is C20H24N2O5S. The molecule has 8 heteroatoms. The van der Waals surface area contributed by atoms with Crippen molar-refractivity contribution in [2.75, 3.05) is 29.0 Å². The van der Waals surface area contributed by atoms with Crippen LogP contribution >= 0.6 is 0 Å². The Morgan fingerprint density at radius 3 is 2.61 bits per heavy atom. The van der Waals surface area contributed by atoms with Crippen LogP contribution < -0.4 is 19.1 Å². The third-order valence-electron chi connectivity index (χ3n) is 4.37. The molecule has 0 saturated carbocycles. The summed E-state index contributed by atoms with van der Waals surface area (Å²) in [5.74, 6) is 0.769. The third-order valence-corrected chi connectivity index (χ3v) is 5.55. The van der Waals surface area contributed by atoms with Crippen molar-refractivity contribution in [2.45, 2.75) is 26.4 Å². The summed E-state index contributed by atoms with van der Waals surface area (Å²) >= 11 is 0. The molecule has 7 nitrogen and oxygen atoms in total. The van der Waals surface area contributed by atoms with E-state index in [2.05, 4.69) is 5.32 Å². The fourth-order valence-electron chi connectivity index (χ4n) is 3.04. The van der Waals surface area contributed by atoms with Crippen LogP contribution in [-0.4, -0.2) is 39.8 Å². The Balaban J connectivity index is 1.80. The lowest BCUT2D eigenvalue weighted by molar-refractivity contribution is -0.122. The van der Waals surface area contributed by atoms with Crippen LogP contribution in [-0.2, 0) is 14.8 Å². The molecule has 1 N–H and O–H groups in total. The highest BCUT2D eigenvalue weighted by molar-refractivity contribution is 7.92. The zero-order valence-corrected chi connectivity index (χ0v) is 17.0. The molecule has 0 radical (unpaired) electrons. The summed E-state index contributed by atoms with van der Waals surface area (Å²) in [6, 6.07) is 12.3. The Kier molecular flexibility index (Phi) is 5.79. The molecule has 0 aliphatic carbocycles. The van der Waals surface area contributed by atoms with Crippen LogP contribution in [0.2, 0.25) is 0 Å².